The molecule has 0 spiro atoms. The van der Waals surface area contributed by atoms with Crippen molar-refractivity contribution >= 4 is 17.6 Å². The van der Waals surface area contributed by atoms with Crippen LogP contribution in [0, 0.1) is 50.2 Å². The molecule has 0 saturated heterocycles. The molecule has 7 rings (SSSR count). The number of aliphatic hydroxyl groups is 2. The number of aliphatic hydroxyl groups excluding tert-OH is 2. The summed E-state index contributed by atoms with van der Waals surface area (Å²) in [7, 11) is 0. The second kappa shape index (κ2) is 10.9. The van der Waals surface area contributed by atoms with Crippen molar-refractivity contribution in [1.29, 1.82) is 0 Å². The van der Waals surface area contributed by atoms with Crippen LogP contribution in [0.4, 0.5) is 0 Å². The summed E-state index contributed by atoms with van der Waals surface area (Å²) in [6.07, 6.45) is 9.50. The van der Waals surface area contributed by atoms with E-state index in [1.807, 2.05) is 30.3 Å². The van der Waals surface area contributed by atoms with Crippen molar-refractivity contribution in [3.8, 4) is 11.3 Å². The Labute approximate surface area is 285 Å². The number of hydrogen-bond donors (Lipinski definition) is 2. The summed E-state index contributed by atoms with van der Waals surface area (Å²) in [6, 6.07) is 9.30. The van der Waals surface area contributed by atoms with Crippen LogP contribution in [0.5, 0.6) is 0 Å². The molecule has 5 aliphatic carbocycles. The lowest BCUT2D eigenvalue weighted by Crippen LogP contribution is -2.67. The highest BCUT2D eigenvalue weighted by molar-refractivity contribution is 6.30. The number of ether oxygens (including phenoxy) is 1. The highest BCUT2D eigenvalue weighted by Crippen LogP contribution is 2.75. The Hall–Kier alpha value is -2.15. The standard InChI is InChI=1S/C40H54ClNO5/c1-35(2)16-18-40(34(45)46-23-26-20-29(42-47-26)24-8-10-25(41)11-9-24)19-17-38(6)27(28(40)21-35)12-13-32-37(5)22-30(43)33(44)36(3,4)31(37)14-15-39(32,38)7/h8-12,20,28,30-33,43-44H,13-19,21-23H2,1-7H3/t28?,30-,31?,32?,33+,37+,38-,39-,40+/m1/s1. The molecule has 2 N–H and O–H groups in total. The zero-order chi connectivity index (χ0) is 33.8. The number of carbonyl (C=O) groups is 1. The lowest BCUT2D eigenvalue weighted by molar-refractivity contribution is -0.232. The topological polar surface area (TPSA) is 92.8 Å². The molecule has 1 aromatic heterocycles. The molecular weight excluding hydrogens is 610 g/mol. The molecule has 2 aromatic rings. The SMILES string of the molecule is CC1(C)CC[C@]2(C(=O)OCc3cc(-c4ccc(Cl)cc4)no3)CC[C@]3(C)C(=CCC4[C@@]5(C)C[C@@H](O)[C@H](O)C(C)(C)C5CC[C@]43C)C2C1. The van der Waals surface area contributed by atoms with Gasteiger partial charge in [-0.25, -0.2) is 0 Å². The maximum Gasteiger partial charge on any atom is 0.313 e. The second-order valence-electron chi connectivity index (χ2n) is 18.2. The van der Waals surface area contributed by atoms with E-state index in [0.717, 1.165) is 56.9 Å². The summed E-state index contributed by atoms with van der Waals surface area (Å²) in [5.74, 6) is 1.33. The number of benzene rings is 1. The van der Waals surface area contributed by atoms with Crippen LogP contribution in [0.15, 0.2) is 46.5 Å². The van der Waals surface area contributed by atoms with E-state index in [1.54, 1.807) is 0 Å². The maximum atomic E-state index is 14.4. The average Bonchev–Trinajstić information content (AvgIpc) is 3.48. The molecular formula is C40H54ClNO5. The Morgan fingerprint density at radius 3 is 2.38 bits per heavy atom. The van der Waals surface area contributed by atoms with Crippen LogP contribution in [0.25, 0.3) is 11.3 Å². The number of nitrogens with zero attached hydrogens (tertiary/aromatic N) is 1. The van der Waals surface area contributed by atoms with E-state index in [9.17, 15) is 15.0 Å². The molecule has 0 bridgehead atoms. The molecule has 5 aliphatic rings. The van der Waals surface area contributed by atoms with Gasteiger partial charge in [-0.1, -0.05) is 89.0 Å². The number of rotatable bonds is 4. The van der Waals surface area contributed by atoms with Gasteiger partial charge in [0.15, 0.2) is 12.4 Å². The fourth-order valence-corrected chi connectivity index (χ4v) is 12.3. The molecule has 47 heavy (non-hydrogen) atoms. The van der Waals surface area contributed by atoms with Crippen molar-refractivity contribution in [2.45, 2.75) is 125 Å². The minimum Gasteiger partial charge on any atom is -0.457 e. The van der Waals surface area contributed by atoms with Crippen molar-refractivity contribution in [1.82, 2.24) is 5.16 Å². The number of hydrogen-bond acceptors (Lipinski definition) is 6. The van der Waals surface area contributed by atoms with Crippen molar-refractivity contribution in [2.75, 3.05) is 0 Å². The molecule has 4 saturated carbocycles. The first-order chi connectivity index (χ1) is 22.0. The van der Waals surface area contributed by atoms with Gasteiger partial charge in [-0.3, -0.25) is 4.79 Å². The Bertz CT molecular complexity index is 1580. The highest BCUT2D eigenvalue weighted by atomic mass is 35.5. The zero-order valence-electron chi connectivity index (χ0n) is 29.4. The summed E-state index contributed by atoms with van der Waals surface area (Å²) in [5.41, 5.74) is 2.26. The van der Waals surface area contributed by atoms with Gasteiger partial charge in [0.2, 0.25) is 0 Å². The number of carbonyl (C=O) groups excluding carboxylic acids is 1. The van der Waals surface area contributed by atoms with E-state index in [0.29, 0.717) is 34.7 Å². The summed E-state index contributed by atoms with van der Waals surface area (Å²) in [6.45, 7) is 16.6. The van der Waals surface area contributed by atoms with Crippen LogP contribution in [0.2, 0.25) is 5.02 Å². The van der Waals surface area contributed by atoms with Crippen molar-refractivity contribution in [2.24, 2.45) is 50.2 Å². The lowest BCUT2D eigenvalue weighted by Gasteiger charge is -2.71. The number of esters is 1. The van der Waals surface area contributed by atoms with Crippen LogP contribution < -0.4 is 0 Å². The van der Waals surface area contributed by atoms with Crippen LogP contribution >= 0.6 is 11.6 Å². The number of halogens is 1. The van der Waals surface area contributed by atoms with Gasteiger partial charge in [-0.05, 0) is 115 Å². The molecule has 0 aliphatic heterocycles. The minimum atomic E-state index is -0.702. The highest BCUT2D eigenvalue weighted by Gasteiger charge is 2.70. The van der Waals surface area contributed by atoms with Gasteiger partial charge in [-0.15, -0.1) is 0 Å². The van der Waals surface area contributed by atoms with E-state index >= 15 is 0 Å². The van der Waals surface area contributed by atoms with Gasteiger partial charge in [0.05, 0.1) is 17.6 Å². The second-order valence-corrected chi connectivity index (χ2v) is 18.6. The molecule has 7 heteroatoms. The number of fused-ring (bicyclic) bond motifs is 7. The fraction of sp³-hybridized carbons (Fsp3) is 0.700. The third kappa shape index (κ3) is 4.85. The van der Waals surface area contributed by atoms with E-state index in [-0.39, 0.29) is 45.6 Å². The van der Waals surface area contributed by atoms with Crippen molar-refractivity contribution in [3.05, 3.63) is 52.8 Å². The Balaban J connectivity index is 1.18. The number of aromatic nitrogens is 1. The molecule has 1 aromatic carbocycles. The first kappa shape index (κ1) is 33.4. The average molecular weight is 664 g/mol. The molecule has 9 atom stereocenters. The third-order valence-corrected chi connectivity index (χ3v) is 15.3. The summed E-state index contributed by atoms with van der Waals surface area (Å²) in [5, 5.41) is 27.1. The largest absolute Gasteiger partial charge is 0.457 e. The zero-order valence-corrected chi connectivity index (χ0v) is 30.1. The quantitative estimate of drug-likeness (QED) is 0.250. The van der Waals surface area contributed by atoms with Crippen LogP contribution in [0.1, 0.15) is 112 Å². The molecule has 1 heterocycles. The first-order valence-electron chi connectivity index (χ1n) is 17.9. The van der Waals surface area contributed by atoms with Crippen molar-refractivity contribution in [3.63, 3.8) is 0 Å². The van der Waals surface area contributed by atoms with E-state index in [1.165, 1.54) is 5.57 Å². The molecule has 4 fully saturated rings. The lowest BCUT2D eigenvalue weighted by atomic mass is 9.33. The van der Waals surface area contributed by atoms with Crippen molar-refractivity contribution < 1.29 is 24.3 Å². The normalized spacial score (nSPS) is 41.8. The smallest absolute Gasteiger partial charge is 0.313 e. The van der Waals surface area contributed by atoms with Crippen LogP contribution in [-0.4, -0.2) is 33.5 Å². The summed E-state index contributed by atoms with van der Waals surface area (Å²) < 4.78 is 11.8. The monoisotopic (exact) mass is 663 g/mol. The fourth-order valence-electron chi connectivity index (χ4n) is 12.2. The van der Waals surface area contributed by atoms with Gasteiger partial charge in [0.25, 0.3) is 0 Å². The summed E-state index contributed by atoms with van der Waals surface area (Å²) in [4.78, 5) is 14.4. The molecule has 3 unspecified atom stereocenters. The van der Waals surface area contributed by atoms with Crippen LogP contribution in [-0.2, 0) is 16.1 Å². The van der Waals surface area contributed by atoms with E-state index in [2.05, 4.69) is 59.7 Å². The van der Waals surface area contributed by atoms with Gasteiger partial charge in [0, 0.05) is 16.7 Å². The van der Waals surface area contributed by atoms with Gasteiger partial charge in [-0.2, -0.15) is 0 Å². The molecule has 6 nitrogen and oxygen atoms in total. The van der Waals surface area contributed by atoms with Gasteiger partial charge in [0.1, 0.15) is 5.69 Å². The first-order valence-corrected chi connectivity index (χ1v) is 18.3. The molecule has 0 radical (unpaired) electrons. The predicted octanol–water partition coefficient (Wildman–Crippen LogP) is 9.17. The number of allylic oxidation sites excluding steroid dienone is 2. The third-order valence-electron chi connectivity index (χ3n) is 15.0. The predicted molar refractivity (Wildman–Crippen MR) is 183 cm³/mol. The van der Waals surface area contributed by atoms with E-state index < -0.39 is 17.6 Å². The van der Waals surface area contributed by atoms with E-state index in [4.69, 9.17) is 20.9 Å². The van der Waals surface area contributed by atoms with Gasteiger partial charge >= 0.3 is 5.97 Å². The Morgan fingerprint density at radius 2 is 1.66 bits per heavy atom. The maximum absolute atomic E-state index is 14.4. The minimum absolute atomic E-state index is 0.0377. The van der Waals surface area contributed by atoms with Crippen LogP contribution in [0.3, 0.4) is 0 Å². The molecule has 256 valence electrons. The van der Waals surface area contributed by atoms with Gasteiger partial charge < -0.3 is 19.5 Å². The Kier molecular flexibility index (Phi) is 7.75. The summed E-state index contributed by atoms with van der Waals surface area (Å²) >= 11 is 6.06. The Morgan fingerprint density at radius 1 is 0.957 bits per heavy atom. The molecule has 0 amide bonds.